The number of benzene rings is 2. The number of aliphatic carboxylic acids is 1. The molecule has 2 aromatic carbocycles. The van der Waals surface area contributed by atoms with Crippen molar-refractivity contribution in [3.05, 3.63) is 77.4 Å². The fourth-order valence-corrected chi connectivity index (χ4v) is 4.26. The first-order valence-electron chi connectivity index (χ1n) is 12.0. The highest BCUT2D eigenvalue weighted by molar-refractivity contribution is 5.96. The summed E-state index contributed by atoms with van der Waals surface area (Å²) in [6.07, 6.45) is 2.46. The van der Waals surface area contributed by atoms with Gasteiger partial charge in [-0.25, -0.2) is 9.97 Å². The van der Waals surface area contributed by atoms with Crippen LogP contribution >= 0.6 is 0 Å². The van der Waals surface area contributed by atoms with Gasteiger partial charge in [0.05, 0.1) is 5.69 Å². The van der Waals surface area contributed by atoms with Gasteiger partial charge in [0.15, 0.2) is 11.4 Å². The Hall–Kier alpha value is -4.14. The minimum absolute atomic E-state index is 0.189. The standard InChI is InChI=1S/C27H30N4O5/c1-18-26(34)25(27(35)28-16-24(32)33)30-23(29-18)15-19-11-13-31(14-12-19)21-7-9-22(10-8-21)36-17-20-5-3-2-4-6-20/h2-10,19,34H,11-17H2,1H3,(H,28,35)(H,32,33). The molecule has 2 heterocycles. The molecule has 3 N–H and O–H groups in total. The van der Waals surface area contributed by atoms with E-state index in [2.05, 4.69) is 32.3 Å². The van der Waals surface area contributed by atoms with Gasteiger partial charge in [0.25, 0.3) is 5.91 Å². The first kappa shape index (κ1) is 25.0. The van der Waals surface area contributed by atoms with E-state index in [9.17, 15) is 14.7 Å². The number of aryl methyl sites for hydroxylation is 1. The van der Waals surface area contributed by atoms with Gasteiger partial charge in [-0.15, -0.1) is 0 Å². The molecule has 0 radical (unpaired) electrons. The highest BCUT2D eigenvalue weighted by Gasteiger charge is 2.23. The second kappa shape index (κ2) is 11.5. The van der Waals surface area contributed by atoms with E-state index in [1.54, 1.807) is 6.92 Å². The number of aromatic hydroxyl groups is 1. The minimum atomic E-state index is -1.17. The molecule has 1 fully saturated rings. The molecule has 0 saturated carbocycles. The summed E-state index contributed by atoms with van der Waals surface area (Å²) >= 11 is 0. The van der Waals surface area contributed by atoms with Gasteiger partial charge in [0.1, 0.15) is 24.7 Å². The molecule has 0 aliphatic carbocycles. The molecule has 4 rings (SSSR count). The summed E-state index contributed by atoms with van der Waals surface area (Å²) in [4.78, 5) is 33.9. The molecule has 9 nitrogen and oxygen atoms in total. The lowest BCUT2D eigenvalue weighted by atomic mass is 9.93. The molecule has 1 saturated heterocycles. The van der Waals surface area contributed by atoms with Crippen LogP contribution in [0.25, 0.3) is 0 Å². The molecule has 0 bridgehead atoms. The van der Waals surface area contributed by atoms with Crippen LogP contribution in [0, 0.1) is 12.8 Å². The number of carboxylic acid groups (broad SMARTS) is 1. The molecule has 1 aromatic heterocycles. The first-order valence-corrected chi connectivity index (χ1v) is 12.0. The summed E-state index contributed by atoms with van der Waals surface area (Å²) in [5.74, 6) is -0.575. The van der Waals surface area contributed by atoms with Crippen molar-refractivity contribution < 1.29 is 24.5 Å². The Bertz CT molecular complexity index is 1190. The van der Waals surface area contributed by atoms with Gasteiger partial charge in [-0.1, -0.05) is 30.3 Å². The van der Waals surface area contributed by atoms with E-state index >= 15 is 0 Å². The van der Waals surface area contributed by atoms with Crippen molar-refractivity contribution in [3.8, 4) is 11.5 Å². The van der Waals surface area contributed by atoms with Gasteiger partial charge in [0.2, 0.25) is 0 Å². The summed E-state index contributed by atoms with van der Waals surface area (Å²) in [6, 6.07) is 18.2. The monoisotopic (exact) mass is 490 g/mol. The Morgan fingerprint density at radius 2 is 1.75 bits per heavy atom. The average molecular weight is 491 g/mol. The summed E-state index contributed by atoms with van der Waals surface area (Å²) in [5.41, 5.74) is 2.39. The van der Waals surface area contributed by atoms with E-state index in [0.717, 1.165) is 42.9 Å². The first-order chi connectivity index (χ1) is 17.4. The second-order valence-corrected chi connectivity index (χ2v) is 8.90. The lowest BCUT2D eigenvalue weighted by molar-refractivity contribution is -0.135. The van der Waals surface area contributed by atoms with Crippen molar-refractivity contribution in [2.24, 2.45) is 5.92 Å². The maximum Gasteiger partial charge on any atom is 0.322 e. The topological polar surface area (TPSA) is 125 Å². The van der Waals surface area contributed by atoms with Crippen LogP contribution in [0.2, 0.25) is 0 Å². The van der Waals surface area contributed by atoms with E-state index < -0.39 is 18.4 Å². The molecule has 1 aliphatic heterocycles. The Morgan fingerprint density at radius 1 is 1.06 bits per heavy atom. The van der Waals surface area contributed by atoms with Crippen LogP contribution in [0.1, 0.15) is 40.4 Å². The third-order valence-electron chi connectivity index (χ3n) is 6.26. The molecule has 3 aromatic rings. The number of nitrogens with zero attached hydrogens (tertiary/aromatic N) is 3. The predicted octanol–water partition coefficient (Wildman–Crippen LogP) is 3.34. The number of amides is 1. The smallest absolute Gasteiger partial charge is 0.322 e. The second-order valence-electron chi connectivity index (χ2n) is 8.90. The number of ether oxygens (including phenoxy) is 1. The quantitative estimate of drug-likeness (QED) is 0.417. The van der Waals surface area contributed by atoms with Crippen molar-refractivity contribution >= 4 is 17.6 Å². The van der Waals surface area contributed by atoms with Gasteiger partial charge in [-0.05, 0) is 55.5 Å². The highest BCUT2D eigenvalue weighted by Crippen LogP contribution is 2.28. The average Bonchev–Trinajstić information content (AvgIpc) is 2.89. The van der Waals surface area contributed by atoms with E-state index in [-0.39, 0.29) is 11.4 Å². The van der Waals surface area contributed by atoms with Gasteiger partial charge in [-0.3, -0.25) is 9.59 Å². The van der Waals surface area contributed by atoms with E-state index in [1.807, 2.05) is 42.5 Å². The Labute approximate surface area is 209 Å². The molecular formula is C27H30N4O5. The molecule has 9 heteroatoms. The number of carboxylic acids is 1. The van der Waals surface area contributed by atoms with Crippen LogP contribution in [-0.2, 0) is 17.8 Å². The zero-order valence-corrected chi connectivity index (χ0v) is 20.2. The molecule has 36 heavy (non-hydrogen) atoms. The summed E-state index contributed by atoms with van der Waals surface area (Å²) in [6.45, 7) is 3.36. The maximum atomic E-state index is 12.3. The zero-order chi connectivity index (χ0) is 25.5. The highest BCUT2D eigenvalue weighted by atomic mass is 16.5. The Balaban J connectivity index is 1.30. The molecular weight excluding hydrogens is 460 g/mol. The fraction of sp³-hybridized carbons (Fsp3) is 0.333. The van der Waals surface area contributed by atoms with Gasteiger partial charge < -0.3 is 25.2 Å². The van der Waals surface area contributed by atoms with Crippen LogP contribution in [-0.4, -0.2) is 51.7 Å². The van der Waals surface area contributed by atoms with E-state index in [4.69, 9.17) is 9.84 Å². The zero-order valence-electron chi connectivity index (χ0n) is 20.2. The van der Waals surface area contributed by atoms with Crippen molar-refractivity contribution in [1.29, 1.82) is 0 Å². The molecule has 0 unspecified atom stereocenters. The van der Waals surface area contributed by atoms with Crippen LogP contribution < -0.4 is 15.0 Å². The Morgan fingerprint density at radius 3 is 2.42 bits per heavy atom. The SMILES string of the molecule is Cc1nc(CC2CCN(c3ccc(OCc4ccccc4)cc3)CC2)nc(C(=O)NCC(=O)O)c1O. The number of carbonyl (C=O) groups is 2. The van der Waals surface area contributed by atoms with Crippen LogP contribution in [0.15, 0.2) is 54.6 Å². The van der Waals surface area contributed by atoms with Crippen LogP contribution in [0.3, 0.4) is 0 Å². The predicted molar refractivity (Wildman–Crippen MR) is 134 cm³/mol. The van der Waals surface area contributed by atoms with E-state index in [0.29, 0.717) is 30.5 Å². The fourth-order valence-electron chi connectivity index (χ4n) is 4.26. The van der Waals surface area contributed by atoms with Gasteiger partial charge in [0, 0.05) is 25.2 Å². The Kier molecular flexibility index (Phi) is 7.99. The lowest BCUT2D eigenvalue weighted by Gasteiger charge is -2.33. The van der Waals surface area contributed by atoms with Crippen molar-refractivity contribution in [2.45, 2.75) is 32.8 Å². The number of piperidine rings is 1. The third-order valence-corrected chi connectivity index (χ3v) is 6.26. The number of hydrogen-bond acceptors (Lipinski definition) is 7. The number of nitrogens with one attached hydrogen (secondary N) is 1. The number of rotatable bonds is 9. The summed E-state index contributed by atoms with van der Waals surface area (Å²) in [7, 11) is 0. The van der Waals surface area contributed by atoms with Gasteiger partial charge in [-0.2, -0.15) is 0 Å². The van der Waals surface area contributed by atoms with Crippen LogP contribution in [0.5, 0.6) is 11.5 Å². The summed E-state index contributed by atoms with van der Waals surface area (Å²) < 4.78 is 5.88. The molecule has 0 spiro atoms. The molecule has 188 valence electrons. The minimum Gasteiger partial charge on any atom is -0.504 e. The van der Waals surface area contributed by atoms with Crippen LogP contribution in [0.4, 0.5) is 5.69 Å². The molecule has 0 atom stereocenters. The number of carbonyl (C=O) groups excluding carboxylic acids is 1. The van der Waals surface area contributed by atoms with Crippen molar-refractivity contribution in [1.82, 2.24) is 15.3 Å². The van der Waals surface area contributed by atoms with Gasteiger partial charge >= 0.3 is 5.97 Å². The van der Waals surface area contributed by atoms with Crippen molar-refractivity contribution in [3.63, 3.8) is 0 Å². The molecule has 1 aliphatic rings. The lowest BCUT2D eigenvalue weighted by Crippen LogP contribution is -2.34. The summed E-state index contributed by atoms with van der Waals surface area (Å²) in [5, 5.41) is 21.2. The number of anilines is 1. The number of aromatic nitrogens is 2. The molecule has 1 amide bonds. The van der Waals surface area contributed by atoms with Crippen molar-refractivity contribution in [2.75, 3.05) is 24.5 Å². The third kappa shape index (κ3) is 6.50. The number of hydrogen-bond donors (Lipinski definition) is 3. The normalized spacial score (nSPS) is 13.9. The largest absolute Gasteiger partial charge is 0.504 e. The maximum absolute atomic E-state index is 12.3. The van der Waals surface area contributed by atoms with E-state index in [1.165, 1.54) is 0 Å².